The van der Waals surface area contributed by atoms with E-state index in [9.17, 15) is 10.2 Å². The minimum atomic E-state index is -0.0810. The standard InChI is InChI=1S/C32H26O4S2/c33-13-15-35-27-11-7-21-19-23(29-3-1-17-37-29)5-9-25(21)31(27)32-26-10-6-24(30-4-2-18-38-30)20-22(26)8-12-28(32)36-16-14-34/h1-12,17-20,33-34H,13-16H2. The topological polar surface area (TPSA) is 58.9 Å². The van der Waals surface area contributed by atoms with Gasteiger partial charge in [-0.25, -0.2) is 0 Å². The maximum Gasteiger partial charge on any atom is 0.128 e. The minimum absolute atomic E-state index is 0.0810. The molecule has 0 spiro atoms. The van der Waals surface area contributed by atoms with Crippen molar-refractivity contribution in [1.29, 1.82) is 0 Å². The molecular weight excluding hydrogens is 512 g/mol. The number of fused-ring (bicyclic) bond motifs is 2. The van der Waals surface area contributed by atoms with Crippen LogP contribution >= 0.6 is 22.7 Å². The SMILES string of the molecule is OCCOc1ccc2cc(-c3cccs3)ccc2c1-c1c(OCCO)ccc2cc(-c3cccs3)ccc12. The van der Waals surface area contributed by atoms with E-state index in [1.54, 1.807) is 22.7 Å². The van der Waals surface area contributed by atoms with Crippen molar-refractivity contribution in [1.82, 2.24) is 0 Å². The zero-order chi connectivity index (χ0) is 25.9. The van der Waals surface area contributed by atoms with Crippen molar-refractivity contribution >= 4 is 44.2 Å². The van der Waals surface area contributed by atoms with Gasteiger partial charge in [-0.1, -0.05) is 48.5 Å². The fraction of sp³-hybridized carbons (Fsp3) is 0.125. The Kier molecular flexibility index (Phi) is 7.12. The van der Waals surface area contributed by atoms with E-state index in [0.717, 1.165) is 43.8 Å². The van der Waals surface area contributed by atoms with Gasteiger partial charge in [-0.05, 0) is 79.8 Å². The summed E-state index contributed by atoms with van der Waals surface area (Å²) in [6.07, 6.45) is 0. The molecule has 2 N–H and O–H groups in total. The molecule has 0 amide bonds. The summed E-state index contributed by atoms with van der Waals surface area (Å²) in [4.78, 5) is 2.43. The molecule has 0 fully saturated rings. The van der Waals surface area contributed by atoms with Crippen molar-refractivity contribution in [3.8, 4) is 43.5 Å². The fourth-order valence-corrected chi connectivity index (χ4v) is 6.33. The van der Waals surface area contributed by atoms with Crippen molar-refractivity contribution in [2.75, 3.05) is 26.4 Å². The van der Waals surface area contributed by atoms with Gasteiger partial charge in [-0.2, -0.15) is 0 Å². The van der Waals surface area contributed by atoms with Crippen LogP contribution in [0.15, 0.2) is 95.7 Å². The molecule has 0 aliphatic heterocycles. The Labute approximate surface area is 229 Å². The summed E-state index contributed by atoms with van der Waals surface area (Å²) >= 11 is 3.44. The largest absolute Gasteiger partial charge is 0.491 e. The van der Waals surface area contributed by atoms with Gasteiger partial charge in [0, 0.05) is 20.9 Å². The maximum atomic E-state index is 9.53. The molecule has 2 aromatic heterocycles. The Balaban J connectivity index is 1.62. The number of aliphatic hydroxyl groups is 2. The summed E-state index contributed by atoms with van der Waals surface area (Å²) in [6.45, 7) is 0.211. The Morgan fingerprint density at radius 3 is 1.42 bits per heavy atom. The van der Waals surface area contributed by atoms with E-state index in [1.165, 1.54) is 9.75 Å². The predicted molar refractivity (Wildman–Crippen MR) is 159 cm³/mol. The van der Waals surface area contributed by atoms with Crippen LogP contribution in [0.2, 0.25) is 0 Å². The Morgan fingerprint density at radius 2 is 1.03 bits per heavy atom. The van der Waals surface area contributed by atoms with Crippen molar-refractivity contribution in [2.45, 2.75) is 0 Å². The molecule has 0 saturated heterocycles. The van der Waals surface area contributed by atoms with Crippen LogP contribution in [0.5, 0.6) is 11.5 Å². The molecule has 0 bridgehead atoms. The van der Waals surface area contributed by atoms with E-state index in [1.807, 2.05) is 12.1 Å². The van der Waals surface area contributed by atoms with Gasteiger partial charge in [-0.3, -0.25) is 0 Å². The van der Waals surface area contributed by atoms with E-state index < -0.39 is 0 Å². The third-order valence-electron chi connectivity index (χ3n) is 6.52. The summed E-state index contributed by atoms with van der Waals surface area (Å²) in [7, 11) is 0. The zero-order valence-corrected chi connectivity index (χ0v) is 22.2. The highest BCUT2D eigenvalue weighted by Crippen LogP contribution is 2.47. The lowest BCUT2D eigenvalue weighted by atomic mass is 9.91. The highest BCUT2D eigenvalue weighted by atomic mass is 32.1. The Morgan fingerprint density at radius 1 is 0.553 bits per heavy atom. The second-order valence-corrected chi connectivity index (χ2v) is 10.7. The van der Waals surface area contributed by atoms with Crippen LogP contribution < -0.4 is 9.47 Å². The number of rotatable bonds is 9. The van der Waals surface area contributed by atoms with Gasteiger partial charge in [0.25, 0.3) is 0 Å². The summed E-state index contributed by atoms with van der Waals surface area (Å²) in [6, 6.07) is 29.4. The molecule has 6 rings (SSSR count). The Bertz CT molecular complexity index is 1560. The second kappa shape index (κ2) is 11.0. The van der Waals surface area contributed by atoms with Crippen LogP contribution in [0.1, 0.15) is 0 Å². The smallest absolute Gasteiger partial charge is 0.128 e. The lowest BCUT2D eigenvalue weighted by molar-refractivity contribution is 0.200. The number of aliphatic hydroxyl groups excluding tert-OH is 2. The second-order valence-electron chi connectivity index (χ2n) is 8.85. The molecule has 4 nitrogen and oxygen atoms in total. The molecule has 0 radical (unpaired) electrons. The van der Waals surface area contributed by atoms with Gasteiger partial charge in [0.1, 0.15) is 24.7 Å². The molecule has 6 heteroatoms. The van der Waals surface area contributed by atoms with Gasteiger partial charge < -0.3 is 19.7 Å². The van der Waals surface area contributed by atoms with Crippen LogP contribution in [0, 0.1) is 0 Å². The molecule has 6 aromatic rings. The normalized spacial score (nSPS) is 11.3. The van der Waals surface area contributed by atoms with Gasteiger partial charge in [-0.15, -0.1) is 22.7 Å². The first kappa shape index (κ1) is 24.6. The zero-order valence-electron chi connectivity index (χ0n) is 20.6. The molecule has 2 heterocycles. The number of benzene rings is 4. The third-order valence-corrected chi connectivity index (χ3v) is 8.36. The van der Waals surface area contributed by atoms with Gasteiger partial charge >= 0.3 is 0 Å². The molecule has 38 heavy (non-hydrogen) atoms. The van der Waals surface area contributed by atoms with Gasteiger partial charge in [0.15, 0.2) is 0 Å². The van der Waals surface area contributed by atoms with Gasteiger partial charge in [0.2, 0.25) is 0 Å². The Hall–Kier alpha value is -3.68. The summed E-state index contributed by atoms with van der Waals surface area (Å²) in [5.41, 5.74) is 4.16. The molecule has 0 atom stereocenters. The lowest BCUT2D eigenvalue weighted by Gasteiger charge is -2.20. The van der Waals surface area contributed by atoms with Crippen LogP contribution in [0.3, 0.4) is 0 Å². The van der Waals surface area contributed by atoms with Crippen molar-refractivity contribution in [2.24, 2.45) is 0 Å². The van der Waals surface area contributed by atoms with E-state index >= 15 is 0 Å². The van der Waals surface area contributed by atoms with Crippen LogP contribution in [-0.4, -0.2) is 36.6 Å². The lowest BCUT2D eigenvalue weighted by Crippen LogP contribution is -2.05. The summed E-state index contributed by atoms with van der Waals surface area (Å²) in [5.74, 6) is 1.36. The molecule has 4 aromatic carbocycles. The highest BCUT2D eigenvalue weighted by Gasteiger charge is 2.20. The fourth-order valence-electron chi connectivity index (χ4n) is 4.88. The van der Waals surface area contributed by atoms with Crippen molar-refractivity contribution in [3.05, 3.63) is 95.7 Å². The van der Waals surface area contributed by atoms with E-state index in [0.29, 0.717) is 11.5 Å². The quantitative estimate of drug-likeness (QED) is 0.197. The molecule has 0 saturated carbocycles. The monoisotopic (exact) mass is 538 g/mol. The van der Waals surface area contributed by atoms with Crippen LogP contribution in [0.4, 0.5) is 0 Å². The molecule has 0 unspecified atom stereocenters. The van der Waals surface area contributed by atoms with E-state index in [-0.39, 0.29) is 26.4 Å². The molecule has 0 aliphatic rings. The summed E-state index contributed by atoms with van der Waals surface area (Å²) in [5, 5.41) is 27.5. The number of ether oxygens (including phenoxy) is 2. The number of hydrogen-bond acceptors (Lipinski definition) is 6. The van der Waals surface area contributed by atoms with Crippen molar-refractivity contribution in [3.63, 3.8) is 0 Å². The van der Waals surface area contributed by atoms with E-state index in [2.05, 4.69) is 83.6 Å². The van der Waals surface area contributed by atoms with Crippen molar-refractivity contribution < 1.29 is 19.7 Å². The van der Waals surface area contributed by atoms with Crippen LogP contribution in [0.25, 0.3) is 53.6 Å². The first-order chi connectivity index (χ1) is 18.8. The number of thiophene rings is 2. The number of hydrogen-bond donors (Lipinski definition) is 2. The molecule has 0 aliphatic carbocycles. The third kappa shape index (κ3) is 4.68. The first-order valence-corrected chi connectivity index (χ1v) is 14.2. The predicted octanol–water partition coefficient (Wildman–Crippen LogP) is 7.86. The van der Waals surface area contributed by atoms with Crippen LogP contribution in [-0.2, 0) is 0 Å². The summed E-state index contributed by atoms with van der Waals surface area (Å²) < 4.78 is 12.2. The average Bonchev–Trinajstić information content (AvgIpc) is 3.69. The molecule has 190 valence electrons. The first-order valence-electron chi connectivity index (χ1n) is 12.5. The van der Waals surface area contributed by atoms with Gasteiger partial charge in [0.05, 0.1) is 13.2 Å². The average molecular weight is 539 g/mol. The maximum absolute atomic E-state index is 9.53. The molecular formula is C32H26O4S2. The van der Waals surface area contributed by atoms with E-state index in [4.69, 9.17) is 9.47 Å². The highest BCUT2D eigenvalue weighted by molar-refractivity contribution is 7.13. The minimum Gasteiger partial charge on any atom is -0.491 e.